The van der Waals surface area contributed by atoms with E-state index in [1.54, 1.807) is 41.5 Å². The lowest BCUT2D eigenvalue weighted by Crippen LogP contribution is -2.58. The lowest BCUT2D eigenvalue weighted by Gasteiger charge is -2.35. The number of nitrogens with one attached hydrogen (secondary N) is 3. The minimum Gasteiger partial charge on any atom is -0.472 e. The van der Waals surface area contributed by atoms with E-state index in [1.165, 1.54) is 22.6 Å². The molecule has 4 amide bonds. The maximum absolute atomic E-state index is 14.4. The maximum Gasteiger partial charge on any atom is 0.408 e. The number of carbonyl (C=O) groups excluding carboxylic acids is 4. The number of aryl methyl sites for hydroxylation is 2. The number of pyridine rings is 1. The van der Waals surface area contributed by atoms with E-state index in [0.717, 1.165) is 35.7 Å². The summed E-state index contributed by atoms with van der Waals surface area (Å²) in [5.41, 5.74) is 0.170. The van der Waals surface area contributed by atoms with Crippen LogP contribution in [-0.4, -0.2) is 77.7 Å². The third-order valence-corrected chi connectivity index (χ3v) is 10.6. The highest BCUT2D eigenvalue weighted by Crippen LogP contribution is 2.36. The predicted octanol–water partition coefficient (Wildman–Crippen LogP) is 3.81. The minimum absolute atomic E-state index is 0.0251. The number of fused-ring (bicyclic) bond motifs is 3. The summed E-state index contributed by atoms with van der Waals surface area (Å²) in [5.74, 6) is -1.93. The van der Waals surface area contributed by atoms with Crippen LogP contribution < -0.4 is 20.1 Å². The molecule has 0 radical (unpaired) electrons. The fourth-order valence-electron chi connectivity index (χ4n) is 6.27. The van der Waals surface area contributed by atoms with Crippen molar-refractivity contribution in [2.45, 2.75) is 109 Å². The molecule has 3 N–H and O–H groups in total. The number of nitrogens with zero attached hydrogens (tertiary/aromatic N) is 2. The van der Waals surface area contributed by atoms with Crippen LogP contribution in [0.1, 0.15) is 78.5 Å². The van der Waals surface area contributed by atoms with Gasteiger partial charge in [-0.05, 0) is 81.4 Å². The summed E-state index contributed by atoms with van der Waals surface area (Å²) in [6.07, 6.45) is 4.58. The molecular formula is C36H47N5O8S. The molecule has 1 aliphatic heterocycles. The molecule has 3 aliphatic rings. The SMILES string of the molecule is C=C/C=C(/NC(=O)[C@@H]1C[C@@H](Oc2nc3c(c4ccccc24)CCC3)CN1C(=O)[C@@H](NC(=O)OC(C)(C)C)C(C)(C)C)C(=O)NS(=O)(=O)C1CC1. The van der Waals surface area contributed by atoms with Gasteiger partial charge >= 0.3 is 6.09 Å². The number of hydrogen-bond acceptors (Lipinski definition) is 9. The van der Waals surface area contributed by atoms with Gasteiger partial charge in [-0.3, -0.25) is 14.4 Å². The zero-order valence-corrected chi connectivity index (χ0v) is 30.3. The molecule has 14 heteroatoms. The first kappa shape index (κ1) is 36.8. The fourth-order valence-corrected chi connectivity index (χ4v) is 7.56. The minimum atomic E-state index is -3.92. The number of rotatable bonds is 10. The van der Waals surface area contributed by atoms with Crippen molar-refractivity contribution >= 4 is 44.6 Å². The number of hydrogen-bond donors (Lipinski definition) is 3. The molecule has 50 heavy (non-hydrogen) atoms. The van der Waals surface area contributed by atoms with Crippen molar-refractivity contribution in [1.82, 2.24) is 25.2 Å². The second kappa shape index (κ2) is 14.0. The maximum atomic E-state index is 14.4. The molecule has 13 nitrogen and oxygen atoms in total. The Balaban J connectivity index is 1.45. The van der Waals surface area contributed by atoms with E-state index in [1.807, 2.05) is 29.0 Å². The lowest BCUT2D eigenvalue weighted by atomic mass is 9.85. The molecule has 1 saturated heterocycles. The molecule has 2 fully saturated rings. The summed E-state index contributed by atoms with van der Waals surface area (Å²) in [4.78, 5) is 60.5. The van der Waals surface area contributed by atoms with Gasteiger partial charge in [-0.15, -0.1) is 0 Å². The van der Waals surface area contributed by atoms with Crippen molar-refractivity contribution in [2.75, 3.05) is 6.54 Å². The quantitative estimate of drug-likeness (QED) is 0.245. The number of carbonyl (C=O) groups is 4. The Labute approximate surface area is 293 Å². The highest BCUT2D eigenvalue weighted by molar-refractivity contribution is 7.91. The van der Waals surface area contributed by atoms with E-state index >= 15 is 0 Å². The second-order valence-corrected chi connectivity index (χ2v) is 17.1. The smallest absolute Gasteiger partial charge is 0.408 e. The number of alkyl carbamates (subject to hydrolysis) is 1. The summed E-state index contributed by atoms with van der Waals surface area (Å²) >= 11 is 0. The monoisotopic (exact) mass is 709 g/mol. The van der Waals surface area contributed by atoms with E-state index in [-0.39, 0.29) is 18.7 Å². The number of ether oxygens (including phenoxy) is 2. The van der Waals surface area contributed by atoms with Crippen LogP contribution >= 0.6 is 0 Å². The summed E-state index contributed by atoms with van der Waals surface area (Å²) in [5, 5.41) is 6.42. The Bertz CT molecular complexity index is 1840. The highest BCUT2D eigenvalue weighted by Gasteiger charge is 2.47. The van der Waals surface area contributed by atoms with Gasteiger partial charge in [0.2, 0.25) is 27.7 Å². The molecular weight excluding hydrogens is 662 g/mol. The molecule has 2 aromatic rings. The van der Waals surface area contributed by atoms with E-state index in [4.69, 9.17) is 14.5 Å². The molecule has 1 aromatic heterocycles. The van der Waals surface area contributed by atoms with E-state index in [2.05, 4.69) is 17.2 Å². The molecule has 2 aliphatic carbocycles. The number of aromatic nitrogens is 1. The van der Waals surface area contributed by atoms with Gasteiger partial charge < -0.3 is 25.0 Å². The van der Waals surface area contributed by atoms with Gasteiger partial charge in [-0.25, -0.2) is 22.9 Å². The van der Waals surface area contributed by atoms with Crippen LogP contribution in [0.2, 0.25) is 0 Å². The molecule has 270 valence electrons. The molecule has 3 atom stereocenters. The molecule has 1 aromatic carbocycles. The lowest BCUT2D eigenvalue weighted by molar-refractivity contribution is -0.142. The average Bonchev–Trinajstić information content (AvgIpc) is 3.64. The van der Waals surface area contributed by atoms with Gasteiger partial charge in [0, 0.05) is 17.5 Å². The van der Waals surface area contributed by atoms with Crippen LogP contribution in [-0.2, 0) is 42.0 Å². The molecule has 0 unspecified atom stereocenters. The Kier molecular flexibility index (Phi) is 10.3. The average molecular weight is 710 g/mol. The fraction of sp³-hybridized carbons (Fsp3) is 0.528. The zero-order chi connectivity index (χ0) is 36.6. The van der Waals surface area contributed by atoms with Crippen LogP contribution in [0.4, 0.5) is 4.79 Å². The summed E-state index contributed by atoms with van der Waals surface area (Å²) in [6, 6.07) is 5.55. The van der Waals surface area contributed by atoms with E-state index < -0.39 is 68.3 Å². The van der Waals surface area contributed by atoms with Crippen LogP contribution in [0.5, 0.6) is 5.88 Å². The van der Waals surface area contributed by atoms with Gasteiger partial charge in [0.15, 0.2) is 0 Å². The second-order valence-electron chi connectivity index (χ2n) is 15.1. The zero-order valence-electron chi connectivity index (χ0n) is 29.5. The van der Waals surface area contributed by atoms with Crippen molar-refractivity contribution in [3.8, 4) is 5.88 Å². The predicted molar refractivity (Wildman–Crippen MR) is 187 cm³/mol. The van der Waals surface area contributed by atoms with Crippen molar-refractivity contribution in [3.05, 3.63) is 60.0 Å². The summed E-state index contributed by atoms with van der Waals surface area (Å²) in [6.45, 7) is 14.0. The van der Waals surface area contributed by atoms with Gasteiger partial charge in [0.25, 0.3) is 5.91 Å². The standard InChI is InChI=1S/C36H47N5O8S/c1-8-12-27(30(42)40-50(46,47)22-17-18-22)37-31(43)28-19-21(48-32-25-14-10-9-13-23(25)24-15-11-16-26(24)38-32)20-41(28)33(44)29(35(2,3)4)39-34(45)49-36(5,6)7/h8-10,12-14,21-22,28-29H,1,11,15-20H2,2-7H3,(H,37,43)(H,39,45)(H,40,42)/b27-12+/t21-,28+,29-/m1/s1. The largest absolute Gasteiger partial charge is 0.472 e. The number of amides is 4. The Morgan fingerprint density at radius 3 is 2.34 bits per heavy atom. The Morgan fingerprint density at radius 2 is 1.72 bits per heavy atom. The van der Waals surface area contributed by atoms with Crippen LogP contribution in [0.3, 0.4) is 0 Å². The first-order chi connectivity index (χ1) is 23.4. The molecule has 2 heterocycles. The third kappa shape index (κ3) is 8.45. The van der Waals surface area contributed by atoms with Crippen molar-refractivity contribution in [1.29, 1.82) is 0 Å². The number of likely N-dealkylation sites (tertiary alicyclic amines) is 1. The highest BCUT2D eigenvalue weighted by atomic mass is 32.2. The Hall–Kier alpha value is -4.46. The first-order valence-electron chi connectivity index (χ1n) is 16.9. The van der Waals surface area contributed by atoms with Gasteiger partial charge in [-0.1, -0.05) is 51.6 Å². The number of allylic oxidation sites excluding steroid dienone is 2. The summed E-state index contributed by atoms with van der Waals surface area (Å²) < 4.78 is 39.0. The van der Waals surface area contributed by atoms with Gasteiger partial charge in [-0.2, -0.15) is 0 Å². The van der Waals surface area contributed by atoms with Crippen molar-refractivity contribution in [2.24, 2.45) is 5.41 Å². The molecule has 5 rings (SSSR count). The Morgan fingerprint density at radius 1 is 1.04 bits per heavy atom. The molecule has 0 spiro atoms. The third-order valence-electron chi connectivity index (χ3n) is 8.79. The number of benzene rings is 1. The van der Waals surface area contributed by atoms with Crippen molar-refractivity contribution in [3.63, 3.8) is 0 Å². The van der Waals surface area contributed by atoms with Gasteiger partial charge in [0.05, 0.1) is 11.8 Å². The molecule has 0 bridgehead atoms. The normalized spacial score (nSPS) is 20.1. The van der Waals surface area contributed by atoms with Crippen LogP contribution in [0, 0.1) is 5.41 Å². The van der Waals surface area contributed by atoms with E-state index in [9.17, 15) is 27.6 Å². The topological polar surface area (TPSA) is 173 Å². The van der Waals surface area contributed by atoms with E-state index in [0.29, 0.717) is 18.7 Å². The van der Waals surface area contributed by atoms with Gasteiger partial charge in [0.1, 0.15) is 29.5 Å². The van der Waals surface area contributed by atoms with Crippen LogP contribution in [0.15, 0.2) is 48.7 Å². The number of sulfonamides is 1. The van der Waals surface area contributed by atoms with Crippen LogP contribution in [0.25, 0.3) is 10.8 Å². The summed E-state index contributed by atoms with van der Waals surface area (Å²) in [7, 11) is -3.92. The first-order valence-corrected chi connectivity index (χ1v) is 18.5. The molecule has 1 saturated carbocycles. The van der Waals surface area contributed by atoms with Crippen molar-refractivity contribution < 1.29 is 37.1 Å².